The Morgan fingerprint density at radius 3 is 2.21 bits per heavy atom. The lowest BCUT2D eigenvalue weighted by atomic mass is 10.1. The molecule has 3 N–H and O–H groups in total. The quantitative estimate of drug-likeness (QED) is 0.730. The molecule has 0 unspecified atom stereocenters. The predicted molar refractivity (Wildman–Crippen MR) is 89.8 cm³/mol. The van der Waals surface area contributed by atoms with E-state index in [1.807, 2.05) is 12.1 Å². The Kier molecular flexibility index (Phi) is 4.68. The molecule has 0 amide bonds. The highest BCUT2D eigenvalue weighted by molar-refractivity contribution is 9.10. The number of hydrogen-bond acceptors (Lipinski definition) is 2. The molecule has 6 heteroatoms. The summed E-state index contributed by atoms with van der Waals surface area (Å²) in [5, 5.41) is 4.49. The minimum absolute atomic E-state index is 0.287. The molecule has 2 nitrogen and oxygen atoms in total. The third kappa shape index (κ3) is 3.60. The largest absolute Gasteiger partial charge is 0.389 e. The lowest BCUT2D eigenvalue weighted by Crippen LogP contribution is -2.12. The molecule has 0 aliphatic carbocycles. The number of benzene rings is 2. The van der Waals surface area contributed by atoms with Crippen LogP contribution in [0.25, 0.3) is 0 Å². The van der Waals surface area contributed by atoms with Gasteiger partial charge in [-0.1, -0.05) is 35.4 Å². The fraction of sp³-hybridized carbons (Fsp3) is 0. The van der Waals surface area contributed by atoms with Gasteiger partial charge in [-0.3, -0.25) is 0 Å². The van der Waals surface area contributed by atoms with Gasteiger partial charge in [-0.15, -0.1) is 0 Å². The maximum Gasteiger partial charge on any atom is 0.106 e. The third-order valence-electron chi connectivity index (χ3n) is 2.45. The van der Waals surface area contributed by atoms with E-state index >= 15 is 0 Å². The Hall–Kier alpha value is -0.810. The van der Waals surface area contributed by atoms with Crippen LogP contribution in [0.2, 0.25) is 10.0 Å². The van der Waals surface area contributed by atoms with E-state index in [1.165, 1.54) is 0 Å². The molecule has 2 aromatic rings. The van der Waals surface area contributed by atoms with Crippen LogP contribution in [0.15, 0.2) is 40.9 Å². The topological polar surface area (TPSA) is 38.0 Å². The number of anilines is 2. The van der Waals surface area contributed by atoms with Gasteiger partial charge in [-0.2, -0.15) is 0 Å². The van der Waals surface area contributed by atoms with Gasteiger partial charge < -0.3 is 11.1 Å². The molecule has 0 heterocycles. The molecule has 0 atom stereocenters. The average Bonchev–Trinajstić information content (AvgIpc) is 2.34. The van der Waals surface area contributed by atoms with Gasteiger partial charge >= 0.3 is 0 Å². The highest BCUT2D eigenvalue weighted by atomic mass is 79.9. The number of hydrogen-bond donors (Lipinski definition) is 2. The molecule has 0 fully saturated rings. The molecular weight excluding hydrogens is 367 g/mol. The van der Waals surface area contributed by atoms with Crippen LogP contribution >= 0.6 is 51.3 Å². The van der Waals surface area contributed by atoms with Crippen LogP contribution in [-0.2, 0) is 0 Å². The zero-order valence-corrected chi connectivity index (χ0v) is 13.5. The second kappa shape index (κ2) is 6.09. The van der Waals surface area contributed by atoms with Gasteiger partial charge in [0.05, 0.1) is 5.69 Å². The summed E-state index contributed by atoms with van der Waals surface area (Å²) in [6, 6.07) is 10.8. The van der Waals surface area contributed by atoms with Crippen LogP contribution in [-0.4, -0.2) is 4.99 Å². The lowest BCUT2D eigenvalue weighted by molar-refractivity contribution is 1.50. The van der Waals surface area contributed by atoms with Crippen molar-refractivity contribution in [3.05, 3.63) is 56.5 Å². The van der Waals surface area contributed by atoms with E-state index in [0.29, 0.717) is 15.6 Å². The van der Waals surface area contributed by atoms with Gasteiger partial charge in [0.1, 0.15) is 4.99 Å². The Bertz CT molecular complexity index is 647. The normalized spacial score (nSPS) is 10.3. The minimum atomic E-state index is 0.287. The second-order valence-electron chi connectivity index (χ2n) is 3.80. The van der Waals surface area contributed by atoms with Crippen molar-refractivity contribution in [2.45, 2.75) is 0 Å². The SMILES string of the molecule is NC(=S)c1cc(Cl)ccc1Nc1ccc(Cl)cc1Br. The van der Waals surface area contributed by atoms with Crippen molar-refractivity contribution in [2.75, 3.05) is 5.32 Å². The van der Waals surface area contributed by atoms with Gasteiger partial charge in [0.2, 0.25) is 0 Å². The van der Waals surface area contributed by atoms with E-state index in [4.69, 9.17) is 41.2 Å². The van der Waals surface area contributed by atoms with Gasteiger partial charge in [0.25, 0.3) is 0 Å². The molecule has 0 saturated heterocycles. The van der Waals surface area contributed by atoms with Crippen LogP contribution in [0.4, 0.5) is 11.4 Å². The van der Waals surface area contributed by atoms with Gasteiger partial charge in [0, 0.05) is 25.8 Å². The van der Waals surface area contributed by atoms with Crippen LogP contribution in [0.1, 0.15) is 5.56 Å². The molecule has 0 aliphatic heterocycles. The van der Waals surface area contributed by atoms with E-state index in [1.54, 1.807) is 24.3 Å². The van der Waals surface area contributed by atoms with Gasteiger partial charge in [0.15, 0.2) is 0 Å². The molecule has 0 aliphatic rings. The summed E-state index contributed by atoms with van der Waals surface area (Å²) in [5.41, 5.74) is 8.05. The van der Waals surface area contributed by atoms with Crippen LogP contribution in [0.5, 0.6) is 0 Å². The van der Waals surface area contributed by atoms with Crippen molar-refractivity contribution in [3.63, 3.8) is 0 Å². The first-order valence-corrected chi connectivity index (χ1v) is 7.24. The Morgan fingerprint density at radius 2 is 1.63 bits per heavy atom. The first kappa shape index (κ1) is 14.6. The highest BCUT2D eigenvalue weighted by Gasteiger charge is 2.08. The number of thiocarbonyl (C=S) groups is 1. The molecule has 2 rings (SSSR count). The summed E-state index contributed by atoms with van der Waals surface area (Å²) < 4.78 is 0.851. The van der Waals surface area contributed by atoms with E-state index in [9.17, 15) is 0 Å². The monoisotopic (exact) mass is 374 g/mol. The van der Waals surface area contributed by atoms with Crippen LogP contribution in [0, 0.1) is 0 Å². The molecule has 0 radical (unpaired) electrons. The fourth-order valence-corrected chi connectivity index (χ4v) is 2.69. The predicted octanol–water partition coefficient (Wildman–Crippen LogP) is 5.13. The van der Waals surface area contributed by atoms with E-state index < -0.39 is 0 Å². The van der Waals surface area contributed by atoms with Crippen molar-refractivity contribution < 1.29 is 0 Å². The molecule has 0 aromatic heterocycles. The summed E-state index contributed by atoms with van der Waals surface area (Å²) in [6.45, 7) is 0. The standard InChI is InChI=1S/C13H9BrCl2N2S/c14-10-6-8(16)2-4-12(10)18-11-3-1-7(15)5-9(11)13(17)19/h1-6,18H,(H2,17,19). The van der Waals surface area contributed by atoms with Crippen LogP contribution in [0.3, 0.4) is 0 Å². The number of nitrogens with one attached hydrogen (secondary N) is 1. The highest BCUT2D eigenvalue weighted by Crippen LogP contribution is 2.30. The maximum absolute atomic E-state index is 5.95. The first-order chi connectivity index (χ1) is 8.97. The molecule has 98 valence electrons. The summed E-state index contributed by atoms with van der Waals surface area (Å²) in [7, 11) is 0. The summed E-state index contributed by atoms with van der Waals surface area (Å²) in [6.07, 6.45) is 0. The lowest BCUT2D eigenvalue weighted by Gasteiger charge is -2.13. The number of rotatable bonds is 3. The average molecular weight is 376 g/mol. The minimum Gasteiger partial charge on any atom is -0.389 e. The summed E-state index contributed by atoms with van der Waals surface area (Å²) in [5.74, 6) is 0. The number of halogens is 3. The summed E-state index contributed by atoms with van der Waals surface area (Å²) in [4.78, 5) is 0.287. The van der Waals surface area contributed by atoms with Crippen molar-refractivity contribution in [2.24, 2.45) is 5.73 Å². The Morgan fingerprint density at radius 1 is 1.05 bits per heavy atom. The summed E-state index contributed by atoms with van der Waals surface area (Å²) >= 11 is 20.3. The van der Waals surface area contributed by atoms with Crippen molar-refractivity contribution >= 4 is 67.7 Å². The first-order valence-electron chi connectivity index (χ1n) is 5.29. The zero-order chi connectivity index (χ0) is 14.0. The number of nitrogens with two attached hydrogens (primary N) is 1. The molecule has 2 aromatic carbocycles. The van der Waals surface area contributed by atoms with Gasteiger partial charge in [-0.05, 0) is 52.3 Å². The molecule has 0 spiro atoms. The Balaban J connectivity index is 2.40. The van der Waals surface area contributed by atoms with Gasteiger partial charge in [-0.25, -0.2) is 0 Å². The smallest absolute Gasteiger partial charge is 0.106 e. The van der Waals surface area contributed by atoms with E-state index in [0.717, 1.165) is 15.8 Å². The van der Waals surface area contributed by atoms with Crippen molar-refractivity contribution in [1.29, 1.82) is 0 Å². The fourth-order valence-electron chi connectivity index (χ4n) is 1.57. The van der Waals surface area contributed by atoms with E-state index in [2.05, 4.69) is 21.2 Å². The van der Waals surface area contributed by atoms with Crippen molar-refractivity contribution in [3.8, 4) is 0 Å². The molecule has 0 bridgehead atoms. The second-order valence-corrected chi connectivity index (χ2v) is 5.97. The Labute approximate surface area is 135 Å². The maximum atomic E-state index is 5.95. The third-order valence-corrected chi connectivity index (χ3v) is 3.79. The molecule has 0 saturated carbocycles. The van der Waals surface area contributed by atoms with Crippen molar-refractivity contribution in [1.82, 2.24) is 0 Å². The van der Waals surface area contributed by atoms with Crippen LogP contribution < -0.4 is 11.1 Å². The van der Waals surface area contributed by atoms with E-state index in [-0.39, 0.29) is 4.99 Å². The molecular formula is C13H9BrCl2N2S. The molecule has 19 heavy (non-hydrogen) atoms. The zero-order valence-electron chi connectivity index (χ0n) is 9.58.